The normalized spacial score (nSPS) is 12.5. The van der Waals surface area contributed by atoms with Crippen molar-refractivity contribution in [2.45, 2.75) is 19.4 Å². The van der Waals surface area contributed by atoms with Crippen LogP contribution >= 0.6 is 0 Å². The molecule has 0 saturated carbocycles. The summed E-state index contributed by atoms with van der Waals surface area (Å²) in [4.78, 5) is 4.30. The minimum atomic E-state index is -0.865. The first kappa shape index (κ1) is 13.7. The number of rotatable bonds is 3. The maximum absolute atomic E-state index is 14.1. The van der Waals surface area contributed by atoms with Gasteiger partial charge in [-0.3, -0.25) is 4.98 Å². The Morgan fingerprint density at radius 2 is 1.90 bits per heavy atom. The lowest BCUT2D eigenvalue weighted by Gasteiger charge is -2.14. The zero-order valence-corrected chi connectivity index (χ0v) is 11.8. The van der Waals surface area contributed by atoms with Crippen LogP contribution in [0.5, 0.6) is 0 Å². The van der Waals surface area contributed by atoms with Crippen molar-refractivity contribution in [1.82, 2.24) is 4.98 Å². The van der Waals surface area contributed by atoms with Gasteiger partial charge in [0.05, 0.1) is 11.6 Å². The van der Waals surface area contributed by atoms with Crippen LogP contribution in [0.25, 0.3) is 10.9 Å². The van der Waals surface area contributed by atoms with Crippen LogP contribution in [-0.4, -0.2) is 10.1 Å². The highest BCUT2D eigenvalue weighted by atomic mass is 19.1. The summed E-state index contributed by atoms with van der Waals surface area (Å²) in [5.41, 5.74) is 2.74. The minimum Gasteiger partial charge on any atom is -0.388 e. The van der Waals surface area contributed by atoms with E-state index < -0.39 is 6.10 Å². The van der Waals surface area contributed by atoms with Gasteiger partial charge in [-0.1, -0.05) is 36.4 Å². The molecule has 1 heterocycles. The predicted octanol–water partition coefficient (Wildman–Crippen LogP) is 3.96. The van der Waals surface area contributed by atoms with Crippen molar-refractivity contribution < 1.29 is 9.50 Å². The van der Waals surface area contributed by atoms with Gasteiger partial charge in [-0.25, -0.2) is 4.39 Å². The minimum absolute atomic E-state index is 0.330. The van der Waals surface area contributed by atoms with Crippen LogP contribution in [0, 0.1) is 12.7 Å². The number of aryl methyl sites for hydroxylation is 1. The average Bonchev–Trinajstić information content (AvgIpc) is 2.50. The standard InChI is InChI=1S/C18H16FNO/c1-12-5-4-7-15(18(12)19)17(21)11-13-9-10-20-16-8-3-2-6-14(13)16/h2-10,17,21H,11H2,1H3. The summed E-state index contributed by atoms with van der Waals surface area (Å²) in [6.45, 7) is 1.70. The smallest absolute Gasteiger partial charge is 0.131 e. The monoisotopic (exact) mass is 281 g/mol. The summed E-state index contributed by atoms with van der Waals surface area (Å²) in [7, 11) is 0. The van der Waals surface area contributed by atoms with Gasteiger partial charge >= 0.3 is 0 Å². The molecule has 21 heavy (non-hydrogen) atoms. The van der Waals surface area contributed by atoms with Crippen molar-refractivity contribution in [3.63, 3.8) is 0 Å². The number of para-hydroxylation sites is 1. The topological polar surface area (TPSA) is 33.1 Å². The molecule has 0 aliphatic carbocycles. The molecule has 106 valence electrons. The molecule has 0 fully saturated rings. The molecule has 0 aliphatic heterocycles. The number of hydrogen-bond acceptors (Lipinski definition) is 2. The number of aromatic nitrogens is 1. The van der Waals surface area contributed by atoms with E-state index in [2.05, 4.69) is 4.98 Å². The highest BCUT2D eigenvalue weighted by Gasteiger charge is 2.15. The average molecular weight is 281 g/mol. The van der Waals surface area contributed by atoms with Gasteiger partial charge in [-0.15, -0.1) is 0 Å². The number of aliphatic hydroxyl groups excluding tert-OH is 1. The molecule has 0 radical (unpaired) electrons. The van der Waals surface area contributed by atoms with Gasteiger partial charge in [0.2, 0.25) is 0 Å². The number of fused-ring (bicyclic) bond motifs is 1. The Labute approximate surface area is 122 Å². The van der Waals surface area contributed by atoms with E-state index in [0.717, 1.165) is 16.5 Å². The highest BCUT2D eigenvalue weighted by Crippen LogP contribution is 2.26. The SMILES string of the molecule is Cc1cccc(C(O)Cc2ccnc3ccccc23)c1F. The van der Waals surface area contributed by atoms with Crippen LogP contribution in [0.4, 0.5) is 4.39 Å². The first-order valence-corrected chi connectivity index (χ1v) is 6.92. The van der Waals surface area contributed by atoms with Crippen molar-refractivity contribution in [3.8, 4) is 0 Å². The van der Waals surface area contributed by atoms with Crippen LogP contribution in [0.1, 0.15) is 22.8 Å². The van der Waals surface area contributed by atoms with Crippen LogP contribution in [-0.2, 0) is 6.42 Å². The van der Waals surface area contributed by atoms with E-state index in [4.69, 9.17) is 0 Å². The molecule has 0 bridgehead atoms. The molecule has 0 spiro atoms. The van der Waals surface area contributed by atoms with E-state index >= 15 is 0 Å². The summed E-state index contributed by atoms with van der Waals surface area (Å²) >= 11 is 0. The first-order valence-electron chi connectivity index (χ1n) is 6.92. The molecule has 2 aromatic carbocycles. The second-order valence-corrected chi connectivity index (χ2v) is 5.19. The van der Waals surface area contributed by atoms with Crippen LogP contribution in [0.2, 0.25) is 0 Å². The Morgan fingerprint density at radius 1 is 1.10 bits per heavy atom. The van der Waals surface area contributed by atoms with Gasteiger partial charge in [0.25, 0.3) is 0 Å². The third-order valence-corrected chi connectivity index (χ3v) is 3.73. The molecule has 1 unspecified atom stereocenters. The lowest BCUT2D eigenvalue weighted by molar-refractivity contribution is 0.174. The molecule has 1 aromatic heterocycles. The van der Waals surface area contributed by atoms with Gasteiger partial charge in [-0.2, -0.15) is 0 Å². The Balaban J connectivity index is 1.97. The quantitative estimate of drug-likeness (QED) is 0.788. The second-order valence-electron chi connectivity index (χ2n) is 5.19. The van der Waals surface area contributed by atoms with E-state index in [9.17, 15) is 9.50 Å². The van der Waals surface area contributed by atoms with Gasteiger partial charge < -0.3 is 5.11 Å². The Morgan fingerprint density at radius 3 is 2.76 bits per heavy atom. The van der Waals surface area contributed by atoms with Gasteiger partial charge in [0.15, 0.2) is 0 Å². The van der Waals surface area contributed by atoms with Gasteiger partial charge in [-0.05, 0) is 30.2 Å². The van der Waals surface area contributed by atoms with E-state index in [-0.39, 0.29) is 5.82 Å². The van der Waals surface area contributed by atoms with Crippen molar-refractivity contribution in [1.29, 1.82) is 0 Å². The molecule has 0 amide bonds. The lowest BCUT2D eigenvalue weighted by atomic mass is 9.97. The van der Waals surface area contributed by atoms with E-state index in [0.29, 0.717) is 17.5 Å². The predicted molar refractivity (Wildman–Crippen MR) is 81.5 cm³/mol. The fourth-order valence-electron chi connectivity index (χ4n) is 2.58. The Hall–Kier alpha value is -2.26. The summed E-state index contributed by atoms with van der Waals surface area (Å²) < 4.78 is 14.1. The number of hydrogen-bond donors (Lipinski definition) is 1. The van der Waals surface area contributed by atoms with Crippen molar-refractivity contribution in [3.05, 3.63) is 77.2 Å². The maximum atomic E-state index is 14.1. The third-order valence-electron chi connectivity index (χ3n) is 3.73. The van der Waals surface area contributed by atoms with Crippen LogP contribution in [0.3, 0.4) is 0 Å². The van der Waals surface area contributed by atoms with Crippen LogP contribution < -0.4 is 0 Å². The summed E-state index contributed by atoms with van der Waals surface area (Å²) in [5, 5.41) is 11.4. The molecule has 3 heteroatoms. The first-order chi connectivity index (χ1) is 10.2. The summed E-state index contributed by atoms with van der Waals surface area (Å²) in [6, 6.07) is 14.7. The zero-order valence-electron chi connectivity index (χ0n) is 11.8. The lowest BCUT2D eigenvalue weighted by Crippen LogP contribution is -2.06. The molecule has 2 nitrogen and oxygen atoms in total. The molecule has 1 N–H and O–H groups in total. The summed E-state index contributed by atoms with van der Waals surface area (Å²) in [5.74, 6) is -0.330. The number of benzene rings is 2. The molecule has 1 atom stereocenters. The maximum Gasteiger partial charge on any atom is 0.131 e. The Bertz CT molecular complexity index is 780. The molecular formula is C18H16FNO. The number of nitrogens with zero attached hydrogens (tertiary/aromatic N) is 1. The second kappa shape index (κ2) is 5.62. The fraction of sp³-hybridized carbons (Fsp3) is 0.167. The van der Waals surface area contributed by atoms with E-state index in [1.54, 1.807) is 31.3 Å². The zero-order chi connectivity index (χ0) is 14.8. The Kier molecular flexibility index (Phi) is 3.67. The molecule has 3 rings (SSSR count). The number of pyridine rings is 1. The van der Waals surface area contributed by atoms with Crippen molar-refractivity contribution >= 4 is 10.9 Å². The van der Waals surface area contributed by atoms with Crippen LogP contribution in [0.15, 0.2) is 54.7 Å². The number of aliphatic hydroxyl groups is 1. The molecule has 0 aliphatic rings. The van der Waals surface area contributed by atoms with E-state index in [1.807, 2.05) is 30.3 Å². The highest BCUT2D eigenvalue weighted by molar-refractivity contribution is 5.81. The number of halogens is 1. The van der Waals surface area contributed by atoms with Gasteiger partial charge in [0.1, 0.15) is 5.82 Å². The van der Waals surface area contributed by atoms with Gasteiger partial charge in [0, 0.05) is 23.6 Å². The van der Waals surface area contributed by atoms with Crippen molar-refractivity contribution in [2.75, 3.05) is 0 Å². The summed E-state index contributed by atoms with van der Waals surface area (Å²) in [6.07, 6.45) is 1.22. The molecule has 0 saturated heterocycles. The van der Waals surface area contributed by atoms with E-state index in [1.165, 1.54) is 0 Å². The van der Waals surface area contributed by atoms with Crippen molar-refractivity contribution in [2.24, 2.45) is 0 Å². The molecular weight excluding hydrogens is 265 g/mol. The molecule has 3 aromatic rings. The third kappa shape index (κ3) is 2.65. The fourth-order valence-corrected chi connectivity index (χ4v) is 2.58. The largest absolute Gasteiger partial charge is 0.388 e.